The molecule has 1 aliphatic heterocycles. The van der Waals surface area contributed by atoms with Gasteiger partial charge in [0.1, 0.15) is 0 Å². The van der Waals surface area contributed by atoms with Crippen LogP contribution in [-0.4, -0.2) is 44.3 Å². The highest BCUT2D eigenvalue weighted by molar-refractivity contribution is 5.25. The first-order chi connectivity index (χ1) is 11.9. The van der Waals surface area contributed by atoms with Crippen molar-refractivity contribution in [3.63, 3.8) is 0 Å². The minimum Gasteiger partial charge on any atom is -0.314 e. The maximum Gasteiger partial charge on any atom is 0.0548 e. The molecule has 1 fully saturated rings. The van der Waals surface area contributed by atoms with E-state index in [0.717, 1.165) is 58.3 Å². The Morgan fingerprint density at radius 3 is 1.71 bits per heavy atom. The molecule has 1 aromatic heterocycles. The molecular weight excluding hydrogens is 298 g/mol. The van der Waals surface area contributed by atoms with Crippen LogP contribution in [0.5, 0.6) is 0 Å². The van der Waals surface area contributed by atoms with Crippen molar-refractivity contribution in [2.45, 2.75) is 51.1 Å². The maximum absolute atomic E-state index is 4.87. The summed E-state index contributed by atoms with van der Waals surface area (Å²) in [6.07, 6.45) is 6.86. The zero-order valence-corrected chi connectivity index (χ0v) is 14.9. The highest BCUT2D eigenvalue weighted by Gasteiger charge is 2.17. The molecule has 0 aromatic carbocycles. The third kappa shape index (κ3) is 5.81. The van der Waals surface area contributed by atoms with Gasteiger partial charge in [0.25, 0.3) is 0 Å². The number of fused-ring (bicyclic) bond motifs is 2. The minimum absolute atomic E-state index is 0.740. The summed E-state index contributed by atoms with van der Waals surface area (Å²) < 4.78 is 0. The van der Waals surface area contributed by atoms with Gasteiger partial charge in [0.05, 0.1) is 11.4 Å². The van der Waals surface area contributed by atoms with Crippen molar-refractivity contribution in [2.75, 3.05) is 39.3 Å². The van der Waals surface area contributed by atoms with E-state index in [1.165, 1.54) is 49.1 Å². The van der Waals surface area contributed by atoms with Crippen LogP contribution in [0.25, 0.3) is 0 Å². The summed E-state index contributed by atoms with van der Waals surface area (Å²) in [5.41, 5.74) is 3.91. The molecule has 0 spiro atoms. The first kappa shape index (κ1) is 17.8. The molecule has 2 aliphatic rings. The molecule has 24 heavy (non-hydrogen) atoms. The van der Waals surface area contributed by atoms with E-state index < -0.39 is 0 Å². The highest BCUT2D eigenvalue weighted by atomic mass is 15.0. The number of rotatable bonds is 1. The van der Waals surface area contributed by atoms with Gasteiger partial charge in [-0.1, -0.05) is 19.3 Å². The molecule has 0 amide bonds. The van der Waals surface area contributed by atoms with Crippen LogP contribution in [-0.2, 0) is 13.1 Å². The van der Waals surface area contributed by atoms with Gasteiger partial charge in [0.2, 0.25) is 0 Å². The fourth-order valence-corrected chi connectivity index (χ4v) is 3.74. The van der Waals surface area contributed by atoms with Crippen LogP contribution in [0.3, 0.4) is 0 Å². The predicted molar refractivity (Wildman–Crippen MR) is 99.2 cm³/mol. The summed E-state index contributed by atoms with van der Waals surface area (Å²) in [5.74, 6) is 0.740. The molecular formula is C19H33N5. The van der Waals surface area contributed by atoms with Crippen LogP contribution in [0.2, 0.25) is 0 Å². The standard InChI is InChI=1S/C19H33N5/c1-2-4-16(5-3-1)17-12-18-14-22-10-8-20-6-7-21-9-11-23-15-19(13-17)24-18/h12-13,16,20-23H,1-11,14-15H2. The first-order valence-electron chi connectivity index (χ1n) is 9.74. The van der Waals surface area contributed by atoms with Crippen LogP contribution >= 0.6 is 0 Å². The summed E-state index contributed by atoms with van der Waals surface area (Å²) in [6.45, 7) is 7.79. The number of aromatic nitrogens is 1. The minimum atomic E-state index is 0.740. The van der Waals surface area contributed by atoms with Crippen molar-refractivity contribution in [3.8, 4) is 0 Å². The van der Waals surface area contributed by atoms with E-state index in [1.807, 2.05) is 0 Å². The highest BCUT2D eigenvalue weighted by Crippen LogP contribution is 2.33. The molecule has 1 aliphatic carbocycles. The van der Waals surface area contributed by atoms with Gasteiger partial charge in [-0.3, -0.25) is 4.98 Å². The van der Waals surface area contributed by atoms with Crippen molar-refractivity contribution in [3.05, 3.63) is 29.1 Å². The zero-order chi connectivity index (χ0) is 16.5. The Kier molecular flexibility index (Phi) is 7.48. The van der Waals surface area contributed by atoms with Crippen molar-refractivity contribution >= 4 is 0 Å². The lowest BCUT2D eigenvalue weighted by molar-refractivity contribution is 0.442. The van der Waals surface area contributed by atoms with Gasteiger partial charge in [-0.2, -0.15) is 0 Å². The summed E-state index contributed by atoms with van der Waals surface area (Å²) in [4.78, 5) is 4.87. The zero-order valence-electron chi connectivity index (χ0n) is 14.9. The predicted octanol–water partition coefficient (Wildman–Crippen LogP) is 1.50. The van der Waals surface area contributed by atoms with E-state index in [-0.39, 0.29) is 0 Å². The molecule has 1 aromatic rings. The molecule has 134 valence electrons. The van der Waals surface area contributed by atoms with Gasteiger partial charge in [0, 0.05) is 52.4 Å². The molecule has 5 heteroatoms. The topological polar surface area (TPSA) is 61.0 Å². The van der Waals surface area contributed by atoms with Crippen molar-refractivity contribution in [2.24, 2.45) is 0 Å². The van der Waals surface area contributed by atoms with E-state index in [9.17, 15) is 0 Å². The maximum atomic E-state index is 4.87. The molecule has 1 saturated carbocycles. The van der Waals surface area contributed by atoms with Crippen LogP contribution in [0.1, 0.15) is 55.0 Å². The molecule has 0 unspecified atom stereocenters. The lowest BCUT2D eigenvalue weighted by atomic mass is 9.84. The van der Waals surface area contributed by atoms with Gasteiger partial charge in [-0.25, -0.2) is 0 Å². The average Bonchev–Trinajstić information content (AvgIpc) is 2.63. The molecule has 3 rings (SSSR count). The number of hydrogen-bond donors (Lipinski definition) is 4. The lowest BCUT2D eigenvalue weighted by Crippen LogP contribution is -2.34. The lowest BCUT2D eigenvalue weighted by Gasteiger charge is -2.23. The van der Waals surface area contributed by atoms with Gasteiger partial charge in [-0.05, 0) is 36.5 Å². The van der Waals surface area contributed by atoms with Gasteiger partial charge in [0.15, 0.2) is 0 Å². The quantitative estimate of drug-likeness (QED) is 0.628. The number of nitrogens with one attached hydrogen (secondary N) is 4. The Bertz CT molecular complexity index is 452. The van der Waals surface area contributed by atoms with Gasteiger partial charge < -0.3 is 21.3 Å². The average molecular weight is 332 g/mol. The Labute approximate surface area is 146 Å². The van der Waals surface area contributed by atoms with E-state index in [1.54, 1.807) is 0 Å². The monoisotopic (exact) mass is 331 g/mol. The second-order valence-electron chi connectivity index (χ2n) is 7.07. The van der Waals surface area contributed by atoms with Crippen LogP contribution in [0.4, 0.5) is 0 Å². The Morgan fingerprint density at radius 1 is 0.667 bits per heavy atom. The van der Waals surface area contributed by atoms with E-state index in [0.29, 0.717) is 0 Å². The normalized spacial score (nSPS) is 22.5. The molecule has 2 bridgehead atoms. The first-order valence-corrected chi connectivity index (χ1v) is 9.74. The summed E-state index contributed by atoms with van der Waals surface area (Å²) >= 11 is 0. The van der Waals surface area contributed by atoms with Crippen LogP contribution < -0.4 is 21.3 Å². The Hall–Kier alpha value is -1.01. The van der Waals surface area contributed by atoms with Crippen molar-refractivity contribution < 1.29 is 0 Å². The second-order valence-corrected chi connectivity index (χ2v) is 7.07. The summed E-state index contributed by atoms with van der Waals surface area (Å²) in [6, 6.07) is 4.69. The largest absolute Gasteiger partial charge is 0.314 e. The molecule has 0 saturated heterocycles. The molecule has 2 heterocycles. The van der Waals surface area contributed by atoms with Crippen molar-refractivity contribution in [1.82, 2.24) is 26.3 Å². The van der Waals surface area contributed by atoms with Crippen molar-refractivity contribution in [1.29, 1.82) is 0 Å². The number of pyridine rings is 1. The van der Waals surface area contributed by atoms with E-state index in [2.05, 4.69) is 33.4 Å². The molecule has 5 nitrogen and oxygen atoms in total. The van der Waals surface area contributed by atoms with Gasteiger partial charge in [-0.15, -0.1) is 0 Å². The third-order valence-electron chi connectivity index (χ3n) is 5.08. The summed E-state index contributed by atoms with van der Waals surface area (Å²) in [7, 11) is 0. The molecule has 4 N–H and O–H groups in total. The Morgan fingerprint density at radius 2 is 1.17 bits per heavy atom. The SMILES string of the molecule is c1c(C2CCCCC2)cc2nc1CNCCNCCNCCNC2. The fourth-order valence-electron chi connectivity index (χ4n) is 3.74. The summed E-state index contributed by atoms with van der Waals surface area (Å²) in [5, 5.41) is 14.0. The number of nitrogens with zero attached hydrogens (tertiary/aromatic N) is 1. The third-order valence-corrected chi connectivity index (χ3v) is 5.08. The number of hydrogen-bond acceptors (Lipinski definition) is 5. The van der Waals surface area contributed by atoms with Gasteiger partial charge >= 0.3 is 0 Å². The molecule has 0 radical (unpaired) electrons. The Balaban J connectivity index is 1.69. The van der Waals surface area contributed by atoms with E-state index >= 15 is 0 Å². The second kappa shape index (κ2) is 10.1. The van der Waals surface area contributed by atoms with E-state index in [4.69, 9.17) is 4.98 Å². The fraction of sp³-hybridized carbons (Fsp3) is 0.737. The smallest absolute Gasteiger partial charge is 0.0548 e. The van der Waals surface area contributed by atoms with Crippen LogP contribution in [0.15, 0.2) is 12.1 Å². The van der Waals surface area contributed by atoms with Crippen LogP contribution in [0, 0.1) is 0 Å². The molecule has 0 atom stereocenters.